The first-order valence-corrected chi connectivity index (χ1v) is 6.26. The Labute approximate surface area is 117 Å². The number of nitrogens with zero attached hydrogens (tertiary/aromatic N) is 1. The molecular formula is C16H16N2O2. The molecule has 0 radical (unpaired) electrons. The zero-order valence-corrected chi connectivity index (χ0v) is 11.5. The van der Waals surface area contributed by atoms with Crippen LogP contribution in [0.3, 0.4) is 0 Å². The van der Waals surface area contributed by atoms with Crippen molar-refractivity contribution in [3.8, 4) is 0 Å². The van der Waals surface area contributed by atoms with Gasteiger partial charge in [-0.15, -0.1) is 0 Å². The molecule has 0 atom stereocenters. The Kier molecular flexibility index (Phi) is 3.84. The number of aryl methyl sites for hydroxylation is 1. The molecule has 0 fully saturated rings. The van der Waals surface area contributed by atoms with E-state index < -0.39 is 4.92 Å². The topological polar surface area (TPSA) is 69.2 Å². The third kappa shape index (κ3) is 3.03. The largest absolute Gasteiger partial charge is 0.399 e. The van der Waals surface area contributed by atoms with Crippen LogP contribution in [0.1, 0.15) is 23.6 Å². The van der Waals surface area contributed by atoms with Gasteiger partial charge in [0.05, 0.1) is 4.92 Å². The van der Waals surface area contributed by atoms with Gasteiger partial charge in [0.2, 0.25) is 0 Å². The molecule has 0 bridgehead atoms. The van der Waals surface area contributed by atoms with Gasteiger partial charge in [0, 0.05) is 17.8 Å². The Morgan fingerprint density at radius 3 is 2.45 bits per heavy atom. The van der Waals surface area contributed by atoms with Gasteiger partial charge < -0.3 is 5.73 Å². The Morgan fingerprint density at radius 1 is 1.20 bits per heavy atom. The SMILES string of the molecule is C/C(=C\c1cc(N)ccc1C)c1ccc([N+](=O)[O-])cc1. The zero-order chi connectivity index (χ0) is 14.7. The van der Waals surface area contributed by atoms with Crippen LogP contribution in [0, 0.1) is 17.0 Å². The van der Waals surface area contributed by atoms with Crippen LogP contribution >= 0.6 is 0 Å². The number of rotatable bonds is 3. The van der Waals surface area contributed by atoms with Gasteiger partial charge in [-0.1, -0.05) is 12.1 Å². The lowest BCUT2D eigenvalue weighted by molar-refractivity contribution is -0.384. The molecule has 0 heterocycles. The number of benzene rings is 2. The highest BCUT2D eigenvalue weighted by molar-refractivity contribution is 5.82. The molecule has 0 aliphatic rings. The second-order valence-electron chi connectivity index (χ2n) is 4.75. The molecule has 2 aromatic carbocycles. The molecule has 0 spiro atoms. The van der Waals surface area contributed by atoms with E-state index in [0.717, 1.165) is 28.0 Å². The standard InChI is InChI=1S/C16H16N2O2/c1-11-3-6-15(17)10-14(11)9-12(2)13-4-7-16(8-5-13)18(19)20/h3-10H,17H2,1-2H3/b12-9+. The van der Waals surface area contributed by atoms with Crippen molar-refractivity contribution < 1.29 is 4.92 Å². The molecule has 4 heteroatoms. The third-order valence-corrected chi connectivity index (χ3v) is 3.21. The molecule has 20 heavy (non-hydrogen) atoms. The first kappa shape index (κ1) is 13.8. The fourth-order valence-corrected chi connectivity index (χ4v) is 1.98. The van der Waals surface area contributed by atoms with Gasteiger partial charge in [-0.3, -0.25) is 10.1 Å². The van der Waals surface area contributed by atoms with Gasteiger partial charge in [0.1, 0.15) is 0 Å². The number of nitro groups is 1. The fourth-order valence-electron chi connectivity index (χ4n) is 1.98. The van der Waals surface area contributed by atoms with Gasteiger partial charge in [-0.2, -0.15) is 0 Å². The van der Waals surface area contributed by atoms with Crippen molar-refractivity contribution >= 4 is 23.0 Å². The fraction of sp³-hybridized carbons (Fsp3) is 0.125. The molecule has 2 N–H and O–H groups in total. The van der Waals surface area contributed by atoms with Crippen LogP contribution in [0.5, 0.6) is 0 Å². The molecule has 0 aromatic heterocycles. The monoisotopic (exact) mass is 268 g/mol. The first-order valence-electron chi connectivity index (χ1n) is 6.26. The zero-order valence-electron chi connectivity index (χ0n) is 11.5. The number of nitrogens with two attached hydrogens (primary N) is 1. The maximum absolute atomic E-state index is 10.6. The van der Waals surface area contributed by atoms with Gasteiger partial charge in [0.15, 0.2) is 0 Å². The quantitative estimate of drug-likeness (QED) is 0.395. The van der Waals surface area contributed by atoms with E-state index in [2.05, 4.69) is 0 Å². The number of allylic oxidation sites excluding steroid dienone is 1. The molecule has 2 rings (SSSR count). The summed E-state index contributed by atoms with van der Waals surface area (Å²) in [7, 11) is 0. The Hall–Kier alpha value is -2.62. The van der Waals surface area contributed by atoms with Gasteiger partial charge in [0.25, 0.3) is 5.69 Å². The van der Waals surface area contributed by atoms with Crippen molar-refractivity contribution in [2.45, 2.75) is 13.8 Å². The second kappa shape index (κ2) is 5.57. The van der Waals surface area contributed by atoms with E-state index in [-0.39, 0.29) is 5.69 Å². The van der Waals surface area contributed by atoms with Crippen LogP contribution in [-0.2, 0) is 0 Å². The number of hydrogen-bond acceptors (Lipinski definition) is 3. The lowest BCUT2D eigenvalue weighted by Gasteiger charge is -2.05. The summed E-state index contributed by atoms with van der Waals surface area (Å²) in [6.07, 6.45) is 2.03. The molecule has 4 nitrogen and oxygen atoms in total. The number of hydrogen-bond donors (Lipinski definition) is 1. The predicted octanol–water partition coefficient (Wildman–Crippen LogP) is 4.05. The highest BCUT2D eigenvalue weighted by Crippen LogP contribution is 2.23. The van der Waals surface area contributed by atoms with Crippen molar-refractivity contribution in [3.05, 3.63) is 69.3 Å². The smallest absolute Gasteiger partial charge is 0.269 e. The second-order valence-corrected chi connectivity index (χ2v) is 4.75. The normalized spacial score (nSPS) is 11.4. The number of nitrogen functional groups attached to an aromatic ring is 1. The minimum absolute atomic E-state index is 0.0988. The lowest BCUT2D eigenvalue weighted by Crippen LogP contribution is -1.90. The minimum atomic E-state index is -0.398. The summed E-state index contributed by atoms with van der Waals surface area (Å²) in [5.74, 6) is 0. The highest BCUT2D eigenvalue weighted by atomic mass is 16.6. The summed E-state index contributed by atoms with van der Waals surface area (Å²) in [5.41, 5.74) is 10.8. The summed E-state index contributed by atoms with van der Waals surface area (Å²) in [6, 6.07) is 12.3. The Morgan fingerprint density at radius 2 is 1.85 bits per heavy atom. The van der Waals surface area contributed by atoms with Crippen molar-refractivity contribution in [1.82, 2.24) is 0 Å². The lowest BCUT2D eigenvalue weighted by atomic mass is 10.0. The molecule has 0 saturated carbocycles. The van der Waals surface area contributed by atoms with Crippen molar-refractivity contribution in [3.63, 3.8) is 0 Å². The van der Waals surface area contributed by atoms with Gasteiger partial charge >= 0.3 is 0 Å². The Bertz CT molecular complexity index is 673. The molecule has 0 aliphatic carbocycles. The minimum Gasteiger partial charge on any atom is -0.399 e. The van der Waals surface area contributed by atoms with Crippen LogP contribution in [0.15, 0.2) is 42.5 Å². The molecular weight excluding hydrogens is 252 g/mol. The summed E-state index contributed by atoms with van der Waals surface area (Å²) in [5, 5.41) is 10.6. The van der Waals surface area contributed by atoms with E-state index in [4.69, 9.17) is 5.73 Å². The summed E-state index contributed by atoms with van der Waals surface area (Å²) in [4.78, 5) is 10.2. The van der Waals surface area contributed by atoms with Crippen molar-refractivity contribution in [1.29, 1.82) is 0 Å². The van der Waals surface area contributed by atoms with Crippen LogP contribution in [-0.4, -0.2) is 4.92 Å². The van der Waals surface area contributed by atoms with E-state index >= 15 is 0 Å². The van der Waals surface area contributed by atoms with Crippen LogP contribution in [0.25, 0.3) is 11.6 Å². The van der Waals surface area contributed by atoms with Crippen molar-refractivity contribution in [2.24, 2.45) is 0 Å². The number of non-ortho nitro benzene ring substituents is 1. The van der Waals surface area contributed by atoms with Crippen LogP contribution in [0.4, 0.5) is 11.4 Å². The van der Waals surface area contributed by atoms with Gasteiger partial charge in [-0.05, 0) is 60.4 Å². The van der Waals surface area contributed by atoms with Crippen LogP contribution in [0.2, 0.25) is 0 Å². The van der Waals surface area contributed by atoms with Crippen LogP contribution < -0.4 is 5.73 Å². The highest BCUT2D eigenvalue weighted by Gasteiger charge is 2.05. The van der Waals surface area contributed by atoms with E-state index in [1.807, 2.05) is 38.1 Å². The molecule has 0 saturated heterocycles. The van der Waals surface area contributed by atoms with E-state index in [0.29, 0.717) is 0 Å². The molecule has 102 valence electrons. The maximum atomic E-state index is 10.6. The van der Waals surface area contributed by atoms with E-state index in [1.54, 1.807) is 12.1 Å². The van der Waals surface area contributed by atoms with Crippen molar-refractivity contribution in [2.75, 3.05) is 5.73 Å². The average molecular weight is 268 g/mol. The molecule has 0 amide bonds. The molecule has 0 aliphatic heterocycles. The Balaban J connectivity index is 2.34. The summed E-state index contributed by atoms with van der Waals surface area (Å²) >= 11 is 0. The summed E-state index contributed by atoms with van der Waals surface area (Å²) < 4.78 is 0. The number of nitro benzene ring substituents is 1. The van der Waals surface area contributed by atoms with E-state index in [1.165, 1.54) is 12.1 Å². The third-order valence-electron chi connectivity index (χ3n) is 3.21. The number of anilines is 1. The van der Waals surface area contributed by atoms with Gasteiger partial charge in [-0.25, -0.2) is 0 Å². The summed E-state index contributed by atoms with van der Waals surface area (Å²) in [6.45, 7) is 4.00. The first-order chi connectivity index (χ1) is 9.47. The van der Waals surface area contributed by atoms with E-state index in [9.17, 15) is 10.1 Å². The predicted molar refractivity (Wildman–Crippen MR) is 82.2 cm³/mol. The molecule has 0 unspecified atom stereocenters. The maximum Gasteiger partial charge on any atom is 0.269 e. The average Bonchev–Trinajstić information content (AvgIpc) is 2.43. The molecule has 2 aromatic rings.